The molecule has 0 aliphatic heterocycles. The fourth-order valence-corrected chi connectivity index (χ4v) is 1.68. The van der Waals surface area contributed by atoms with Gasteiger partial charge in [0.25, 0.3) is 0 Å². The summed E-state index contributed by atoms with van der Waals surface area (Å²) in [6, 6.07) is 4.20. The summed E-state index contributed by atoms with van der Waals surface area (Å²) in [6.07, 6.45) is 11.4. The van der Waals surface area contributed by atoms with Crippen molar-refractivity contribution >= 4 is 5.91 Å². The second kappa shape index (κ2) is 8.23. The summed E-state index contributed by atoms with van der Waals surface area (Å²) in [5.74, 6) is -0.0659. The molecule has 0 aliphatic carbocycles. The molecule has 0 fully saturated rings. The number of allylic oxidation sites excluding steroid dienone is 2. The number of aromatic nitrogens is 1. The van der Waals surface area contributed by atoms with E-state index in [4.69, 9.17) is 0 Å². The van der Waals surface area contributed by atoms with Gasteiger partial charge in [0.2, 0.25) is 5.91 Å². The van der Waals surface area contributed by atoms with E-state index in [9.17, 15) is 4.79 Å². The normalized spacial score (nSPS) is 12.3. The lowest BCUT2D eigenvalue weighted by atomic mass is 10.1. The summed E-state index contributed by atoms with van der Waals surface area (Å²) in [5.41, 5.74) is 1.24. The van der Waals surface area contributed by atoms with E-state index < -0.39 is 0 Å². The van der Waals surface area contributed by atoms with E-state index in [2.05, 4.69) is 22.9 Å². The van der Waals surface area contributed by atoms with E-state index in [1.165, 1.54) is 11.6 Å². The van der Waals surface area contributed by atoms with Crippen molar-refractivity contribution in [1.82, 2.24) is 10.3 Å². The van der Waals surface area contributed by atoms with Gasteiger partial charge in [-0.1, -0.05) is 24.8 Å². The van der Waals surface area contributed by atoms with Crippen molar-refractivity contribution < 1.29 is 4.79 Å². The summed E-state index contributed by atoms with van der Waals surface area (Å²) in [6.45, 7) is 5.54. The molecule has 1 aromatic heterocycles. The number of pyridine rings is 1. The Morgan fingerprint density at radius 2 is 2.44 bits per heavy atom. The Hall–Kier alpha value is -1.90. The molecule has 3 nitrogen and oxygen atoms in total. The van der Waals surface area contributed by atoms with Crippen LogP contribution in [0.4, 0.5) is 0 Å². The minimum Gasteiger partial charge on any atom is -0.350 e. The summed E-state index contributed by atoms with van der Waals surface area (Å²) in [7, 11) is 0. The van der Waals surface area contributed by atoms with Crippen molar-refractivity contribution in [2.75, 3.05) is 0 Å². The Morgan fingerprint density at radius 1 is 1.61 bits per heavy atom. The van der Waals surface area contributed by atoms with Crippen molar-refractivity contribution in [2.24, 2.45) is 0 Å². The fraction of sp³-hybridized carbons (Fsp3) is 0.333. The van der Waals surface area contributed by atoms with Gasteiger partial charge in [-0.15, -0.1) is 0 Å². The average Bonchev–Trinajstić information content (AvgIpc) is 2.37. The maximum absolute atomic E-state index is 11.4. The lowest BCUT2D eigenvalue weighted by Crippen LogP contribution is -2.31. The van der Waals surface area contributed by atoms with E-state index in [1.807, 2.05) is 19.2 Å². The van der Waals surface area contributed by atoms with Gasteiger partial charge in [-0.2, -0.15) is 0 Å². The highest BCUT2D eigenvalue weighted by Crippen LogP contribution is 2.05. The van der Waals surface area contributed by atoms with Crippen LogP contribution in [-0.2, 0) is 11.2 Å². The van der Waals surface area contributed by atoms with Gasteiger partial charge < -0.3 is 5.32 Å². The van der Waals surface area contributed by atoms with Gasteiger partial charge in [0, 0.05) is 24.5 Å². The predicted molar refractivity (Wildman–Crippen MR) is 74.1 cm³/mol. The highest BCUT2D eigenvalue weighted by atomic mass is 16.1. The molecule has 96 valence electrons. The van der Waals surface area contributed by atoms with Gasteiger partial charge in [0.15, 0.2) is 0 Å². The van der Waals surface area contributed by atoms with Gasteiger partial charge in [0.1, 0.15) is 0 Å². The lowest BCUT2D eigenvalue weighted by molar-refractivity contribution is -0.117. The Labute approximate surface area is 109 Å². The van der Waals surface area contributed by atoms with Crippen LogP contribution in [-0.4, -0.2) is 16.9 Å². The van der Waals surface area contributed by atoms with Crippen LogP contribution in [0.3, 0.4) is 0 Å². The molecule has 0 radical (unpaired) electrons. The van der Waals surface area contributed by atoms with Crippen molar-refractivity contribution in [3.63, 3.8) is 0 Å². The minimum absolute atomic E-state index is 0.0659. The molecule has 1 heterocycles. The predicted octanol–water partition coefficient (Wildman–Crippen LogP) is 2.65. The fourth-order valence-electron chi connectivity index (χ4n) is 1.68. The van der Waals surface area contributed by atoms with Crippen LogP contribution in [0, 0.1) is 0 Å². The Bertz CT molecular complexity index is 398. The van der Waals surface area contributed by atoms with Gasteiger partial charge in [0.05, 0.1) is 0 Å². The van der Waals surface area contributed by atoms with Crippen LogP contribution in [0.25, 0.3) is 0 Å². The Balaban J connectivity index is 2.21. The molecule has 1 rings (SSSR count). The molecular weight excluding hydrogens is 224 g/mol. The summed E-state index contributed by atoms with van der Waals surface area (Å²) in [4.78, 5) is 15.5. The molecule has 0 aliphatic rings. The zero-order valence-corrected chi connectivity index (χ0v) is 10.8. The molecule has 1 N–H and O–H groups in total. The van der Waals surface area contributed by atoms with E-state index in [-0.39, 0.29) is 11.9 Å². The van der Waals surface area contributed by atoms with E-state index in [0.717, 1.165) is 19.3 Å². The standard InChI is InChI=1S/C15H20N2O/c1-3-4-10-15(18)17-13(2)7-5-8-14-9-6-11-16-12-14/h3-4,6,9-13H,1,5,7-8H2,2H3,(H,17,18). The number of hydrogen-bond donors (Lipinski definition) is 1. The number of aryl methyl sites for hydroxylation is 1. The maximum Gasteiger partial charge on any atom is 0.244 e. The molecule has 1 aromatic rings. The number of nitrogens with zero attached hydrogens (tertiary/aromatic N) is 1. The molecular formula is C15H20N2O. The number of nitrogens with one attached hydrogen (secondary N) is 1. The van der Waals surface area contributed by atoms with Crippen LogP contribution >= 0.6 is 0 Å². The van der Waals surface area contributed by atoms with Gasteiger partial charge >= 0.3 is 0 Å². The number of amides is 1. The first kappa shape index (κ1) is 14.2. The van der Waals surface area contributed by atoms with Gasteiger partial charge in [-0.25, -0.2) is 0 Å². The number of carbonyl (C=O) groups excluding carboxylic acids is 1. The third kappa shape index (κ3) is 5.99. The van der Waals surface area contributed by atoms with E-state index >= 15 is 0 Å². The summed E-state index contributed by atoms with van der Waals surface area (Å²) in [5, 5.41) is 2.91. The smallest absolute Gasteiger partial charge is 0.244 e. The molecule has 1 unspecified atom stereocenters. The third-order valence-electron chi connectivity index (χ3n) is 2.60. The van der Waals surface area contributed by atoms with Gasteiger partial charge in [-0.3, -0.25) is 9.78 Å². The van der Waals surface area contributed by atoms with Gasteiger partial charge in [-0.05, 0) is 37.8 Å². The van der Waals surface area contributed by atoms with Crippen molar-refractivity contribution in [2.45, 2.75) is 32.2 Å². The van der Waals surface area contributed by atoms with Crippen LogP contribution in [0.1, 0.15) is 25.3 Å². The Kier molecular flexibility index (Phi) is 6.47. The maximum atomic E-state index is 11.4. The van der Waals surface area contributed by atoms with Crippen LogP contribution in [0.5, 0.6) is 0 Å². The number of rotatable bonds is 7. The van der Waals surface area contributed by atoms with E-state index in [0.29, 0.717) is 0 Å². The first-order valence-corrected chi connectivity index (χ1v) is 6.21. The summed E-state index contributed by atoms with van der Waals surface area (Å²) < 4.78 is 0. The molecule has 0 bridgehead atoms. The van der Waals surface area contributed by atoms with Crippen LogP contribution < -0.4 is 5.32 Å². The van der Waals surface area contributed by atoms with E-state index in [1.54, 1.807) is 18.3 Å². The first-order chi connectivity index (χ1) is 8.72. The molecule has 0 saturated carbocycles. The van der Waals surface area contributed by atoms with Crippen molar-refractivity contribution in [1.29, 1.82) is 0 Å². The molecule has 18 heavy (non-hydrogen) atoms. The lowest BCUT2D eigenvalue weighted by Gasteiger charge is -2.12. The molecule has 1 amide bonds. The van der Waals surface area contributed by atoms with Crippen LogP contribution in [0.15, 0.2) is 49.3 Å². The van der Waals surface area contributed by atoms with Crippen molar-refractivity contribution in [3.05, 3.63) is 54.9 Å². The minimum atomic E-state index is -0.0659. The average molecular weight is 244 g/mol. The quantitative estimate of drug-likeness (QED) is 0.592. The highest BCUT2D eigenvalue weighted by molar-refractivity contribution is 5.87. The third-order valence-corrected chi connectivity index (χ3v) is 2.60. The zero-order chi connectivity index (χ0) is 13.2. The molecule has 0 aromatic carbocycles. The Morgan fingerprint density at radius 3 is 3.11 bits per heavy atom. The summed E-state index contributed by atoms with van der Waals surface area (Å²) >= 11 is 0. The zero-order valence-electron chi connectivity index (χ0n) is 10.8. The number of hydrogen-bond acceptors (Lipinski definition) is 2. The second-order valence-electron chi connectivity index (χ2n) is 4.26. The topological polar surface area (TPSA) is 42.0 Å². The largest absolute Gasteiger partial charge is 0.350 e. The second-order valence-corrected chi connectivity index (χ2v) is 4.26. The first-order valence-electron chi connectivity index (χ1n) is 6.21. The molecule has 0 spiro atoms. The van der Waals surface area contributed by atoms with Crippen LogP contribution in [0.2, 0.25) is 0 Å². The number of carbonyl (C=O) groups is 1. The highest BCUT2D eigenvalue weighted by Gasteiger charge is 2.04. The molecule has 0 saturated heterocycles. The molecule has 3 heteroatoms. The SMILES string of the molecule is C=CC=CC(=O)NC(C)CCCc1cccnc1. The molecule has 1 atom stereocenters. The monoisotopic (exact) mass is 244 g/mol. The van der Waals surface area contributed by atoms with Crippen molar-refractivity contribution in [3.8, 4) is 0 Å².